The number of nitrogens with one attached hydrogen (secondary N) is 1. The second-order valence-electron chi connectivity index (χ2n) is 4.02. The molecule has 1 atom stereocenters. The fourth-order valence-electron chi connectivity index (χ4n) is 1.82. The lowest BCUT2D eigenvalue weighted by molar-refractivity contribution is -0.274. The third-order valence-electron chi connectivity index (χ3n) is 2.54. The minimum absolute atomic E-state index is 0.180. The van der Waals surface area contributed by atoms with Gasteiger partial charge in [0.25, 0.3) is 0 Å². The van der Waals surface area contributed by atoms with Crippen LogP contribution in [0.2, 0.25) is 0 Å². The van der Waals surface area contributed by atoms with Crippen LogP contribution in [0.1, 0.15) is 38.3 Å². The van der Waals surface area contributed by atoms with Gasteiger partial charge in [-0.3, -0.25) is 0 Å². The van der Waals surface area contributed by atoms with Crippen molar-refractivity contribution in [1.82, 2.24) is 5.32 Å². The maximum atomic E-state index is 12.0. The Hall–Kier alpha value is -1.23. The second-order valence-corrected chi connectivity index (χ2v) is 4.02. The Bertz CT molecular complexity index is 342. The molecule has 1 rings (SSSR count). The Morgan fingerprint density at radius 1 is 1.17 bits per heavy atom. The summed E-state index contributed by atoms with van der Waals surface area (Å²) in [7, 11) is 0. The minimum Gasteiger partial charge on any atom is -0.406 e. The van der Waals surface area contributed by atoms with E-state index in [4.69, 9.17) is 0 Å². The fraction of sp³-hybridized carbons (Fsp3) is 0.538. The van der Waals surface area contributed by atoms with Crippen molar-refractivity contribution in [2.24, 2.45) is 0 Å². The number of hydrogen-bond donors (Lipinski definition) is 1. The Morgan fingerprint density at radius 2 is 1.78 bits per heavy atom. The van der Waals surface area contributed by atoms with Gasteiger partial charge in [0.15, 0.2) is 0 Å². The van der Waals surface area contributed by atoms with E-state index >= 15 is 0 Å². The van der Waals surface area contributed by atoms with E-state index in [1.807, 2.05) is 6.92 Å². The molecule has 0 amide bonds. The van der Waals surface area contributed by atoms with E-state index in [1.54, 1.807) is 12.1 Å². The fourth-order valence-corrected chi connectivity index (χ4v) is 1.82. The molecule has 0 bridgehead atoms. The molecular formula is C13H18F3NO. The van der Waals surface area contributed by atoms with Crippen LogP contribution in [-0.2, 0) is 0 Å². The van der Waals surface area contributed by atoms with E-state index in [1.165, 1.54) is 12.1 Å². The van der Waals surface area contributed by atoms with Crippen LogP contribution in [0.4, 0.5) is 13.2 Å². The van der Waals surface area contributed by atoms with Crippen LogP contribution in [0.3, 0.4) is 0 Å². The lowest BCUT2D eigenvalue weighted by atomic mass is 10.0. The van der Waals surface area contributed by atoms with Crippen molar-refractivity contribution in [2.45, 2.75) is 39.1 Å². The van der Waals surface area contributed by atoms with Crippen molar-refractivity contribution < 1.29 is 17.9 Å². The quantitative estimate of drug-likeness (QED) is 0.834. The lowest BCUT2D eigenvalue weighted by Gasteiger charge is -2.18. The second kappa shape index (κ2) is 6.64. The maximum Gasteiger partial charge on any atom is 0.573 e. The summed E-state index contributed by atoms with van der Waals surface area (Å²) in [6.07, 6.45) is -2.67. The third-order valence-corrected chi connectivity index (χ3v) is 2.54. The Morgan fingerprint density at radius 3 is 2.22 bits per heavy atom. The van der Waals surface area contributed by atoms with Gasteiger partial charge >= 0.3 is 6.36 Å². The number of hydrogen-bond acceptors (Lipinski definition) is 2. The largest absolute Gasteiger partial charge is 0.573 e. The molecule has 0 aliphatic carbocycles. The van der Waals surface area contributed by atoms with Gasteiger partial charge in [-0.2, -0.15) is 0 Å². The number of alkyl halides is 3. The Labute approximate surface area is 105 Å². The molecule has 0 aliphatic heterocycles. The van der Waals surface area contributed by atoms with Crippen LogP contribution in [0.25, 0.3) is 0 Å². The van der Waals surface area contributed by atoms with E-state index in [0.29, 0.717) is 0 Å². The highest BCUT2D eigenvalue weighted by atomic mass is 19.4. The summed E-state index contributed by atoms with van der Waals surface area (Å²) in [6.45, 7) is 4.90. The molecule has 5 heteroatoms. The molecule has 0 spiro atoms. The van der Waals surface area contributed by atoms with Gasteiger partial charge in [-0.05, 0) is 30.7 Å². The van der Waals surface area contributed by atoms with Crippen LogP contribution < -0.4 is 10.1 Å². The average Bonchev–Trinajstić information content (AvgIpc) is 2.28. The summed E-state index contributed by atoms with van der Waals surface area (Å²) in [5, 5.41) is 3.30. The molecular weight excluding hydrogens is 243 g/mol. The Kier molecular flexibility index (Phi) is 5.47. The lowest BCUT2D eigenvalue weighted by Crippen LogP contribution is -2.21. The molecule has 2 nitrogen and oxygen atoms in total. The summed E-state index contributed by atoms with van der Waals surface area (Å²) in [6, 6.07) is 6.22. The number of benzene rings is 1. The SMILES string of the molecule is CCCC(NCC)c1ccc(OC(F)(F)F)cc1. The third kappa shape index (κ3) is 4.96. The van der Waals surface area contributed by atoms with Gasteiger partial charge in [0.05, 0.1) is 0 Å². The molecule has 1 aromatic rings. The predicted octanol–water partition coefficient (Wildman–Crippen LogP) is 4.04. The molecule has 0 radical (unpaired) electrons. The van der Waals surface area contributed by atoms with E-state index in [9.17, 15) is 13.2 Å². The van der Waals surface area contributed by atoms with Crippen LogP contribution in [0.5, 0.6) is 5.75 Å². The van der Waals surface area contributed by atoms with Crippen LogP contribution in [0.15, 0.2) is 24.3 Å². The Balaban J connectivity index is 2.73. The first kappa shape index (κ1) is 14.8. The highest BCUT2D eigenvalue weighted by Crippen LogP contribution is 2.25. The van der Waals surface area contributed by atoms with Gasteiger partial charge in [0.2, 0.25) is 0 Å². The first-order valence-electron chi connectivity index (χ1n) is 6.05. The highest BCUT2D eigenvalue weighted by Gasteiger charge is 2.31. The molecule has 0 heterocycles. The first-order chi connectivity index (χ1) is 8.46. The van der Waals surface area contributed by atoms with Gasteiger partial charge in [-0.25, -0.2) is 0 Å². The maximum absolute atomic E-state index is 12.0. The standard InChI is InChI=1S/C13H18F3NO/c1-3-5-12(17-4-2)10-6-8-11(9-7-10)18-13(14,15)16/h6-9,12,17H,3-5H2,1-2H3. The van der Waals surface area contributed by atoms with Crippen LogP contribution in [-0.4, -0.2) is 12.9 Å². The van der Waals surface area contributed by atoms with Gasteiger partial charge < -0.3 is 10.1 Å². The van der Waals surface area contributed by atoms with Gasteiger partial charge in [0.1, 0.15) is 5.75 Å². The summed E-state index contributed by atoms with van der Waals surface area (Å²) >= 11 is 0. The zero-order valence-corrected chi connectivity index (χ0v) is 10.6. The van der Waals surface area contributed by atoms with Crippen molar-refractivity contribution in [2.75, 3.05) is 6.54 Å². The molecule has 1 aromatic carbocycles. The number of ether oxygens (including phenoxy) is 1. The minimum atomic E-state index is -4.63. The molecule has 102 valence electrons. The van der Waals surface area contributed by atoms with Crippen molar-refractivity contribution in [3.05, 3.63) is 29.8 Å². The molecule has 1 unspecified atom stereocenters. The van der Waals surface area contributed by atoms with E-state index in [2.05, 4.69) is 17.0 Å². The zero-order valence-electron chi connectivity index (χ0n) is 10.6. The first-order valence-corrected chi connectivity index (χ1v) is 6.05. The summed E-state index contributed by atoms with van der Waals surface area (Å²) < 4.78 is 39.9. The van der Waals surface area contributed by atoms with E-state index in [0.717, 1.165) is 24.9 Å². The highest BCUT2D eigenvalue weighted by molar-refractivity contribution is 5.29. The summed E-state index contributed by atoms with van der Waals surface area (Å²) in [5.41, 5.74) is 0.980. The van der Waals surface area contributed by atoms with Crippen molar-refractivity contribution in [1.29, 1.82) is 0 Å². The number of halogens is 3. The summed E-state index contributed by atoms with van der Waals surface area (Å²) in [4.78, 5) is 0. The molecule has 0 saturated carbocycles. The van der Waals surface area contributed by atoms with Gasteiger partial charge in [0, 0.05) is 6.04 Å². The van der Waals surface area contributed by atoms with E-state index < -0.39 is 6.36 Å². The topological polar surface area (TPSA) is 21.3 Å². The molecule has 1 N–H and O–H groups in total. The van der Waals surface area contributed by atoms with Crippen LogP contribution in [0, 0.1) is 0 Å². The van der Waals surface area contributed by atoms with Crippen LogP contribution >= 0.6 is 0 Å². The molecule has 0 aromatic heterocycles. The molecule has 0 fully saturated rings. The van der Waals surface area contributed by atoms with E-state index in [-0.39, 0.29) is 11.8 Å². The number of rotatable bonds is 6. The van der Waals surface area contributed by atoms with Gasteiger partial charge in [-0.15, -0.1) is 13.2 Å². The van der Waals surface area contributed by atoms with Crippen molar-refractivity contribution in [3.63, 3.8) is 0 Å². The zero-order chi connectivity index (χ0) is 13.6. The van der Waals surface area contributed by atoms with Crippen molar-refractivity contribution >= 4 is 0 Å². The molecule has 18 heavy (non-hydrogen) atoms. The smallest absolute Gasteiger partial charge is 0.406 e. The van der Waals surface area contributed by atoms with Gasteiger partial charge in [-0.1, -0.05) is 32.4 Å². The van der Waals surface area contributed by atoms with Crippen molar-refractivity contribution in [3.8, 4) is 5.75 Å². The normalized spacial score (nSPS) is 13.4. The molecule has 0 saturated heterocycles. The molecule has 0 aliphatic rings. The predicted molar refractivity (Wildman–Crippen MR) is 64.5 cm³/mol. The monoisotopic (exact) mass is 261 g/mol. The average molecular weight is 261 g/mol. The summed E-state index contributed by atoms with van der Waals surface area (Å²) in [5.74, 6) is -0.182.